The highest BCUT2D eigenvalue weighted by atomic mass is 32.1. The van der Waals surface area contributed by atoms with Gasteiger partial charge in [0, 0.05) is 12.1 Å². The molecular weight excluding hydrogens is 256 g/mol. The summed E-state index contributed by atoms with van der Waals surface area (Å²) in [6, 6.07) is 4.47. The van der Waals surface area contributed by atoms with E-state index in [1.165, 1.54) is 23.5 Å². The van der Waals surface area contributed by atoms with Crippen molar-refractivity contribution in [1.29, 1.82) is 0 Å². The number of ether oxygens (including phenoxy) is 1. The Morgan fingerprint density at radius 2 is 2.33 bits per heavy atom. The second kappa shape index (κ2) is 5.09. The number of thiazole rings is 1. The molecule has 0 bridgehead atoms. The van der Waals surface area contributed by atoms with E-state index in [1.807, 2.05) is 0 Å². The van der Waals surface area contributed by atoms with Crippen LogP contribution in [0.2, 0.25) is 0 Å². The Morgan fingerprint density at radius 1 is 1.56 bits per heavy atom. The summed E-state index contributed by atoms with van der Waals surface area (Å²) in [4.78, 5) is 25.6. The lowest BCUT2D eigenvalue weighted by Gasteiger charge is -1.97. The zero-order valence-electron chi connectivity index (χ0n) is 9.58. The summed E-state index contributed by atoms with van der Waals surface area (Å²) >= 11 is 1.34. The first-order chi connectivity index (χ1) is 8.60. The molecule has 0 saturated heterocycles. The summed E-state index contributed by atoms with van der Waals surface area (Å²) in [6.45, 7) is 2.06. The number of hydrogen-bond donors (Lipinski definition) is 0. The number of hydrogen-bond acceptors (Lipinski definition) is 6. The minimum Gasteiger partial charge on any atom is -0.466 e. The van der Waals surface area contributed by atoms with Gasteiger partial charge in [-0.25, -0.2) is 4.98 Å². The van der Waals surface area contributed by atoms with Crippen LogP contribution in [0, 0.1) is 10.1 Å². The molecule has 94 valence electrons. The number of fused-ring (bicyclic) bond motifs is 1. The van der Waals surface area contributed by atoms with Gasteiger partial charge in [-0.15, -0.1) is 11.3 Å². The predicted molar refractivity (Wildman–Crippen MR) is 66.6 cm³/mol. The van der Waals surface area contributed by atoms with Crippen molar-refractivity contribution < 1.29 is 14.5 Å². The summed E-state index contributed by atoms with van der Waals surface area (Å²) in [5.74, 6) is -0.342. The third kappa shape index (κ3) is 2.62. The summed E-state index contributed by atoms with van der Waals surface area (Å²) in [7, 11) is 0. The molecular formula is C11H10N2O4S. The third-order valence-electron chi connectivity index (χ3n) is 2.23. The molecule has 2 rings (SSSR count). The number of esters is 1. The highest BCUT2D eigenvalue weighted by Crippen LogP contribution is 2.26. The van der Waals surface area contributed by atoms with Gasteiger partial charge >= 0.3 is 5.97 Å². The Kier molecular flexibility index (Phi) is 3.52. The van der Waals surface area contributed by atoms with Gasteiger partial charge in [0.25, 0.3) is 5.69 Å². The second-order valence-corrected chi connectivity index (χ2v) is 4.61. The van der Waals surface area contributed by atoms with Crippen LogP contribution in [0.4, 0.5) is 5.69 Å². The number of non-ortho nitro benzene ring substituents is 1. The van der Waals surface area contributed by atoms with Crippen LogP contribution in [0.15, 0.2) is 18.2 Å². The lowest BCUT2D eigenvalue weighted by molar-refractivity contribution is -0.384. The number of nitrogens with zero attached hydrogens (tertiary/aromatic N) is 2. The maximum Gasteiger partial charge on any atom is 0.312 e. The van der Waals surface area contributed by atoms with Crippen LogP contribution < -0.4 is 0 Å². The Bertz CT molecular complexity index is 608. The van der Waals surface area contributed by atoms with Crippen LogP contribution in [0.3, 0.4) is 0 Å². The van der Waals surface area contributed by atoms with Gasteiger partial charge in [0.15, 0.2) is 0 Å². The fourth-order valence-electron chi connectivity index (χ4n) is 1.49. The van der Waals surface area contributed by atoms with Gasteiger partial charge in [-0.05, 0) is 13.0 Å². The summed E-state index contributed by atoms with van der Waals surface area (Å²) < 4.78 is 5.64. The molecule has 2 aromatic rings. The lowest BCUT2D eigenvalue weighted by atomic mass is 10.3. The highest BCUT2D eigenvalue weighted by molar-refractivity contribution is 7.18. The van der Waals surface area contributed by atoms with E-state index in [9.17, 15) is 14.9 Å². The minimum absolute atomic E-state index is 0.00418. The molecule has 0 amide bonds. The van der Waals surface area contributed by atoms with Crippen molar-refractivity contribution in [1.82, 2.24) is 4.98 Å². The Balaban J connectivity index is 2.27. The molecule has 6 nitrogen and oxygen atoms in total. The number of carbonyl (C=O) groups is 1. The van der Waals surface area contributed by atoms with E-state index in [1.54, 1.807) is 13.0 Å². The van der Waals surface area contributed by atoms with E-state index in [2.05, 4.69) is 4.98 Å². The highest BCUT2D eigenvalue weighted by Gasteiger charge is 2.12. The summed E-state index contributed by atoms with van der Waals surface area (Å²) in [5.41, 5.74) is 0.531. The molecule has 0 spiro atoms. The average molecular weight is 266 g/mol. The number of carbonyl (C=O) groups excluding carboxylic acids is 1. The minimum atomic E-state index is -0.468. The molecule has 18 heavy (non-hydrogen) atoms. The molecule has 1 heterocycles. The summed E-state index contributed by atoms with van der Waals surface area (Å²) in [6.07, 6.45) is 0.0982. The van der Waals surface area contributed by atoms with E-state index in [-0.39, 0.29) is 18.1 Å². The number of rotatable bonds is 4. The molecule has 0 radical (unpaired) electrons. The van der Waals surface area contributed by atoms with Crippen LogP contribution in [0.5, 0.6) is 0 Å². The molecule has 7 heteroatoms. The van der Waals surface area contributed by atoms with E-state index in [0.29, 0.717) is 17.1 Å². The van der Waals surface area contributed by atoms with Gasteiger partial charge in [0.2, 0.25) is 0 Å². The largest absolute Gasteiger partial charge is 0.466 e. The molecule has 0 aliphatic heterocycles. The fraction of sp³-hybridized carbons (Fsp3) is 0.273. The predicted octanol–water partition coefficient (Wildman–Crippen LogP) is 2.31. The van der Waals surface area contributed by atoms with Gasteiger partial charge < -0.3 is 4.74 Å². The Labute approximate surface area is 106 Å². The van der Waals surface area contributed by atoms with Crippen LogP contribution >= 0.6 is 11.3 Å². The van der Waals surface area contributed by atoms with E-state index in [4.69, 9.17) is 4.74 Å². The van der Waals surface area contributed by atoms with Crippen LogP contribution in [0.25, 0.3) is 10.2 Å². The van der Waals surface area contributed by atoms with E-state index < -0.39 is 4.92 Å². The molecule has 0 fully saturated rings. The quantitative estimate of drug-likeness (QED) is 0.481. The molecule has 1 aromatic heterocycles. The van der Waals surface area contributed by atoms with Crippen molar-refractivity contribution in [2.75, 3.05) is 6.61 Å². The third-order valence-corrected chi connectivity index (χ3v) is 3.26. The zero-order valence-corrected chi connectivity index (χ0v) is 10.4. The molecule has 0 atom stereocenters. The average Bonchev–Trinajstić information content (AvgIpc) is 2.69. The Hall–Kier alpha value is -2.02. The zero-order chi connectivity index (χ0) is 13.1. The van der Waals surface area contributed by atoms with Crippen molar-refractivity contribution in [3.63, 3.8) is 0 Å². The maximum absolute atomic E-state index is 11.3. The lowest BCUT2D eigenvalue weighted by Crippen LogP contribution is -2.06. The normalized spacial score (nSPS) is 10.5. The number of aromatic nitrogens is 1. The summed E-state index contributed by atoms with van der Waals surface area (Å²) in [5, 5.41) is 11.2. The first-order valence-electron chi connectivity index (χ1n) is 5.29. The first-order valence-corrected chi connectivity index (χ1v) is 6.11. The fourth-order valence-corrected chi connectivity index (χ4v) is 2.42. The molecule has 0 unspecified atom stereocenters. The maximum atomic E-state index is 11.3. The smallest absolute Gasteiger partial charge is 0.312 e. The van der Waals surface area contributed by atoms with Crippen molar-refractivity contribution >= 4 is 33.2 Å². The van der Waals surface area contributed by atoms with Gasteiger partial charge in [-0.1, -0.05) is 0 Å². The van der Waals surface area contributed by atoms with Crippen molar-refractivity contribution in [3.05, 3.63) is 33.3 Å². The van der Waals surface area contributed by atoms with E-state index >= 15 is 0 Å². The van der Waals surface area contributed by atoms with Gasteiger partial charge in [0.05, 0.1) is 28.2 Å². The first kappa shape index (κ1) is 12.4. The topological polar surface area (TPSA) is 82.3 Å². The van der Waals surface area contributed by atoms with Crippen LogP contribution in [-0.2, 0) is 16.0 Å². The van der Waals surface area contributed by atoms with Gasteiger partial charge in [-0.3, -0.25) is 14.9 Å². The SMILES string of the molecule is CCOC(=O)Cc1nc2cc([N+](=O)[O-])ccc2s1. The monoisotopic (exact) mass is 266 g/mol. The molecule has 0 saturated carbocycles. The standard InChI is InChI=1S/C11H10N2O4S/c1-2-17-11(14)6-10-12-8-5-7(13(15)16)3-4-9(8)18-10/h3-5H,2,6H2,1H3. The van der Waals surface area contributed by atoms with Crippen LogP contribution in [-0.4, -0.2) is 22.5 Å². The van der Waals surface area contributed by atoms with Gasteiger partial charge in [0.1, 0.15) is 5.01 Å². The van der Waals surface area contributed by atoms with Crippen molar-refractivity contribution in [3.8, 4) is 0 Å². The van der Waals surface area contributed by atoms with Crippen LogP contribution in [0.1, 0.15) is 11.9 Å². The second-order valence-electron chi connectivity index (χ2n) is 3.50. The molecule has 0 aliphatic rings. The molecule has 1 aromatic carbocycles. The molecule has 0 aliphatic carbocycles. The number of benzene rings is 1. The van der Waals surface area contributed by atoms with E-state index in [0.717, 1.165) is 4.70 Å². The van der Waals surface area contributed by atoms with Gasteiger partial charge in [-0.2, -0.15) is 0 Å². The van der Waals surface area contributed by atoms with Crippen molar-refractivity contribution in [2.45, 2.75) is 13.3 Å². The number of nitro groups is 1. The number of nitro benzene ring substituents is 1. The Morgan fingerprint density at radius 3 is 3.00 bits per heavy atom. The van der Waals surface area contributed by atoms with Crippen molar-refractivity contribution in [2.24, 2.45) is 0 Å². The molecule has 0 N–H and O–H groups in total.